The molecule has 47 valence electrons. The first-order valence-electron chi connectivity index (χ1n) is 2.32. The summed E-state index contributed by atoms with van der Waals surface area (Å²) in [5.41, 5.74) is 5.28. The third-order valence-electron chi connectivity index (χ3n) is 0.895. The van der Waals surface area contributed by atoms with Gasteiger partial charge in [-0.15, -0.1) is 0 Å². The van der Waals surface area contributed by atoms with E-state index in [9.17, 15) is 4.39 Å². The summed E-state index contributed by atoms with van der Waals surface area (Å²) < 4.78 is 13.0. The van der Waals surface area contributed by atoms with Crippen molar-refractivity contribution in [2.45, 2.75) is 0 Å². The minimum Gasteiger partial charge on any atom is -0.396 e. The maximum absolute atomic E-state index is 12.4. The van der Waals surface area contributed by atoms with Crippen molar-refractivity contribution in [1.82, 2.24) is 0 Å². The number of hydrogen-bond acceptors (Lipinski definition) is 1. The minimum absolute atomic E-state index is 0.123. The van der Waals surface area contributed by atoms with Crippen molar-refractivity contribution >= 4 is 21.6 Å². The normalized spacial score (nSPS) is 9.56. The second kappa shape index (κ2) is 2.35. The summed E-state index contributed by atoms with van der Waals surface area (Å²) in [5, 5.41) is 0. The smallest absolute Gasteiger partial charge is 0.147 e. The molecule has 0 aliphatic carbocycles. The van der Waals surface area contributed by atoms with Crippen LogP contribution in [-0.4, -0.2) is 0 Å². The Morgan fingerprint density at radius 1 is 1.67 bits per heavy atom. The lowest BCUT2D eigenvalue weighted by molar-refractivity contribution is 0.631. The topological polar surface area (TPSA) is 26.0 Å². The molecule has 3 heteroatoms. The molecule has 0 aliphatic heterocycles. The number of hydrogen-bond donors (Lipinski definition) is 1. The van der Waals surface area contributed by atoms with Gasteiger partial charge in [-0.25, -0.2) is 4.39 Å². The number of rotatable bonds is 0. The second-order valence-electron chi connectivity index (χ2n) is 1.58. The average Bonchev–Trinajstić information content (AvgIpc) is 1.80. The molecule has 0 heterocycles. The number of benzene rings is 1. The van der Waals surface area contributed by atoms with Gasteiger partial charge in [-0.1, -0.05) is 15.9 Å². The SMILES string of the molecule is Nc1c[c]c(Br)cc1F. The largest absolute Gasteiger partial charge is 0.396 e. The Kier molecular flexibility index (Phi) is 1.71. The molecular weight excluding hydrogens is 185 g/mol. The molecule has 0 saturated carbocycles. The Bertz CT molecular complexity index is 224. The number of anilines is 1. The van der Waals surface area contributed by atoms with Crippen LogP contribution in [-0.2, 0) is 0 Å². The van der Waals surface area contributed by atoms with Crippen molar-refractivity contribution in [1.29, 1.82) is 0 Å². The van der Waals surface area contributed by atoms with Crippen molar-refractivity contribution in [2.75, 3.05) is 5.73 Å². The lowest BCUT2D eigenvalue weighted by atomic mass is 10.3. The van der Waals surface area contributed by atoms with Gasteiger partial charge in [0, 0.05) is 4.47 Å². The molecule has 0 aliphatic rings. The molecule has 0 amide bonds. The van der Waals surface area contributed by atoms with Crippen LogP contribution in [0.25, 0.3) is 0 Å². The fourth-order valence-corrected chi connectivity index (χ4v) is 0.767. The van der Waals surface area contributed by atoms with Gasteiger partial charge in [-0.05, 0) is 18.2 Å². The molecule has 0 atom stereocenters. The van der Waals surface area contributed by atoms with Gasteiger partial charge < -0.3 is 5.73 Å². The molecule has 1 aromatic carbocycles. The van der Waals surface area contributed by atoms with E-state index in [0.717, 1.165) is 0 Å². The van der Waals surface area contributed by atoms with Crippen LogP contribution in [0, 0.1) is 11.9 Å². The van der Waals surface area contributed by atoms with Crippen LogP contribution in [0.5, 0.6) is 0 Å². The fraction of sp³-hybridized carbons (Fsp3) is 0. The predicted molar refractivity (Wildman–Crippen MR) is 37.3 cm³/mol. The summed E-state index contributed by atoms with van der Waals surface area (Å²) >= 11 is 3.05. The summed E-state index contributed by atoms with van der Waals surface area (Å²) in [6.07, 6.45) is 0. The first-order valence-corrected chi connectivity index (χ1v) is 3.11. The van der Waals surface area contributed by atoms with Gasteiger partial charge in [-0.3, -0.25) is 0 Å². The quantitative estimate of drug-likeness (QED) is 0.620. The average molecular weight is 189 g/mol. The highest BCUT2D eigenvalue weighted by molar-refractivity contribution is 9.10. The van der Waals surface area contributed by atoms with Crippen LogP contribution in [0.4, 0.5) is 10.1 Å². The Balaban J connectivity index is 3.17. The first-order chi connectivity index (χ1) is 4.20. The number of nitrogen functional groups attached to an aromatic ring is 1. The second-order valence-corrected chi connectivity index (χ2v) is 2.44. The fourth-order valence-electron chi connectivity index (χ4n) is 0.452. The highest BCUT2D eigenvalue weighted by Gasteiger charge is 1.95. The van der Waals surface area contributed by atoms with E-state index in [1.165, 1.54) is 12.1 Å². The molecule has 0 saturated heterocycles. The molecule has 1 rings (SSSR count). The van der Waals surface area contributed by atoms with E-state index in [1.54, 1.807) is 0 Å². The van der Waals surface area contributed by atoms with E-state index >= 15 is 0 Å². The zero-order valence-corrected chi connectivity index (χ0v) is 6.07. The third-order valence-corrected chi connectivity index (χ3v) is 1.35. The zero-order valence-electron chi connectivity index (χ0n) is 4.49. The molecule has 0 fully saturated rings. The molecule has 2 N–H and O–H groups in total. The van der Waals surface area contributed by atoms with Crippen LogP contribution in [0.1, 0.15) is 0 Å². The molecular formula is C6H4BrFN. The molecule has 1 nitrogen and oxygen atoms in total. The van der Waals surface area contributed by atoms with Gasteiger partial charge in [0.2, 0.25) is 0 Å². The van der Waals surface area contributed by atoms with E-state index in [2.05, 4.69) is 22.0 Å². The van der Waals surface area contributed by atoms with Crippen LogP contribution >= 0.6 is 15.9 Å². The van der Waals surface area contributed by atoms with Crippen LogP contribution in [0.3, 0.4) is 0 Å². The predicted octanol–water partition coefficient (Wildman–Crippen LogP) is 1.97. The maximum Gasteiger partial charge on any atom is 0.147 e. The van der Waals surface area contributed by atoms with Gasteiger partial charge in [0.15, 0.2) is 0 Å². The van der Waals surface area contributed by atoms with Crippen molar-refractivity contribution in [2.24, 2.45) is 0 Å². The summed E-state index contributed by atoms with van der Waals surface area (Å²) in [6, 6.07) is 5.35. The minimum atomic E-state index is -0.416. The van der Waals surface area contributed by atoms with Gasteiger partial charge in [0.05, 0.1) is 5.69 Å². The van der Waals surface area contributed by atoms with Crippen molar-refractivity contribution in [3.63, 3.8) is 0 Å². The van der Waals surface area contributed by atoms with Crippen LogP contribution < -0.4 is 5.73 Å². The molecule has 0 bridgehead atoms. The highest BCUT2D eigenvalue weighted by atomic mass is 79.9. The van der Waals surface area contributed by atoms with E-state index in [4.69, 9.17) is 5.73 Å². The molecule has 0 unspecified atom stereocenters. The van der Waals surface area contributed by atoms with Gasteiger partial charge >= 0.3 is 0 Å². The van der Waals surface area contributed by atoms with Crippen LogP contribution in [0.15, 0.2) is 16.6 Å². The molecule has 0 spiro atoms. The molecule has 9 heavy (non-hydrogen) atoms. The van der Waals surface area contributed by atoms with E-state index in [1.807, 2.05) is 0 Å². The van der Waals surface area contributed by atoms with E-state index < -0.39 is 5.82 Å². The number of nitrogens with two attached hydrogens (primary N) is 1. The standard InChI is InChI=1S/C6H4BrFN/c7-4-1-2-6(9)5(8)3-4/h2-3H,9H2. The Morgan fingerprint density at radius 2 is 2.33 bits per heavy atom. The van der Waals surface area contributed by atoms with Crippen LogP contribution in [0.2, 0.25) is 0 Å². The van der Waals surface area contributed by atoms with Gasteiger partial charge in [0.25, 0.3) is 0 Å². The lowest BCUT2D eigenvalue weighted by Crippen LogP contribution is -1.88. The van der Waals surface area contributed by atoms with E-state index in [-0.39, 0.29) is 5.69 Å². The Hall–Kier alpha value is -0.570. The summed E-state index contributed by atoms with van der Waals surface area (Å²) in [7, 11) is 0. The summed E-state index contributed by atoms with van der Waals surface area (Å²) in [4.78, 5) is 0. The van der Waals surface area contributed by atoms with Crippen molar-refractivity contribution in [3.8, 4) is 0 Å². The molecule has 1 radical (unpaired) electrons. The van der Waals surface area contributed by atoms with Crippen molar-refractivity contribution < 1.29 is 4.39 Å². The molecule has 0 aromatic heterocycles. The number of halogens is 2. The lowest BCUT2D eigenvalue weighted by Gasteiger charge is -1.93. The van der Waals surface area contributed by atoms with E-state index in [0.29, 0.717) is 4.47 Å². The molecule has 1 aromatic rings. The Morgan fingerprint density at radius 3 is 2.78 bits per heavy atom. The first kappa shape index (κ1) is 6.55. The highest BCUT2D eigenvalue weighted by Crippen LogP contribution is 2.15. The monoisotopic (exact) mass is 188 g/mol. The summed E-state index contributed by atoms with van der Waals surface area (Å²) in [6.45, 7) is 0. The Labute approximate surface area is 60.8 Å². The van der Waals surface area contributed by atoms with Gasteiger partial charge in [0.1, 0.15) is 5.82 Å². The third kappa shape index (κ3) is 1.42. The van der Waals surface area contributed by atoms with Gasteiger partial charge in [-0.2, -0.15) is 0 Å². The maximum atomic E-state index is 12.4. The summed E-state index contributed by atoms with van der Waals surface area (Å²) in [5.74, 6) is -0.416. The zero-order chi connectivity index (χ0) is 6.85. The van der Waals surface area contributed by atoms with Crippen molar-refractivity contribution in [3.05, 3.63) is 28.5 Å².